The number of amides is 1. The summed E-state index contributed by atoms with van der Waals surface area (Å²) in [6.07, 6.45) is 5.09. The van der Waals surface area contributed by atoms with Crippen LogP contribution >= 0.6 is 23.4 Å². The number of nitrogen functional groups attached to an aromatic ring is 1. The quantitative estimate of drug-likeness (QED) is 0.894. The molecule has 2 rings (SSSR count). The van der Waals surface area contributed by atoms with E-state index in [9.17, 15) is 4.79 Å². The smallest absolute Gasteiger partial charge is 0.253 e. The number of nitrogens with one attached hydrogen (secondary N) is 1. The highest BCUT2D eigenvalue weighted by Gasteiger charge is 2.16. The van der Waals surface area contributed by atoms with Gasteiger partial charge >= 0.3 is 0 Å². The Labute approximate surface area is 116 Å². The van der Waals surface area contributed by atoms with Crippen LogP contribution in [0.4, 0.5) is 5.82 Å². The summed E-state index contributed by atoms with van der Waals surface area (Å²) in [6.45, 7) is 0.683. The van der Waals surface area contributed by atoms with Crippen molar-refractivity contribution < 1.29 is 4.79 Å². The van der Waals surface area contributed by atoms with Gasteiger partial charge in [0.1, 0.15) is 5.82 Å². The van der Waals surface area contributed by atoms with E-state index in [1.807, 2.05) is 11.8 Å². The van der Waals surface area contributed by atoms with Gasteiger partial charge in [0.25, 0.3) is 5.91 Å². The average molecular weight is 286 g/mol. The number of nitrogens with zero attached hydrogens (tertiary/aromatic N) is 1. The maximum absolute atomic E-state index is 12.0. The van der Waals surface area contributed by atoms with Crippen LogP contribution in [0.3, 0.4) is 0 Å². The van der Waals surface area contributed by atoms with Crippen molar-refractivity contribution in [3.8, 4) is 0 Å². The van der Waals surface area contributed by atoms with E-state index in [1.54, 1.807) is 0 Å². The summed E-state index contributed by atoms with van der Waals surface area (Å²) in [7, 11) is 0. The maximum atomic E-state index is 12.0. The molecule has 1 saturated heterocycles. The Morgan fingerprint density at radius 3 is 3.17 bits per heavy atom. The van der Waals surface area contributed by atoms with Crippen molar-refractivity contribution in [2.24, 2.45) is 0 Å². The summed E-state index contributed by atoms with van der Waals surface area (Å²) in [5, 5.41) is 3.76. The lowest BCUT2D eigenvalue weighted by Crippen LogP contribution is -2.32. The molecule has 98 valence electrons. The number of carbonyl (C=O) groups is 1. The highest BCUT2D eigenvalue weighted by Crippen LogP contribution is 2.24. The molecule has 0 radical (unpaired) electrons. The molecule has 1 atom stereocenters. The van der Waals surface area contributed by atoms with E-state index in [0.717, 1.165) is 6.42 Å². The molecule has 18 heavy (non-hydrogen) atoms. The van der Waals surface area contributed by atoms with Crippen LogP contribution in [0, 0.1) is 0 Å². The molecule has 1 aromatic rings. The van der Waals surface area contributed by atoms with Crippen molar-refractivity contribution in [1.29, 1.82) is 0 Å². The molecule has 6 heteroatoms. The van der Waals surface area contributed by atoms with Crippen LogP contribution in [0.5, 0.6) is 0 Å². The van der Waals surface area contributed by atoms with Gasteiger partial charge in [-0.3, -0.25) is 4.79 Å². The van der Waals surface area contributed by atoms with Crippen molar-refractivity contribution in [2.45, 2.75) is 24.5 Å². The minimum absolute atomic E-state index is 0.180. The van der Waals surface area contributed by atoms with Crippen molar-refractivity contribution in [3.05, 3.63) is 22.8 Å². The van der Waals surface area contributed by atoms with Crippen molar-refractivity contribution in [2.75, 3.05) is 18.0 Å². The van der Waals surface area contributed by atoms with E-state index in [2.05, 4.69) is 10.3 Å². The second-order valence-electron chi connectivity index (χ2n) is 4.29. The van der Waals surface area contributed by atoms with Gasteiger partial charge in [0.05, 0.1) is 10.6 Å². The Morgan fingerprint density at radius 2 is 2.44 bits per heavy atom. The molecule has 1 fully saturated rings. The minimum atomic E-state index is -0.180. The molecule has 0 bridgehead atoms. The fourth-order valence-corrected chi connectivity index (χ4v) is 3.33. The third kappa shape index (κ3) is 3.53. The monoisotopic (exact) mass is 285 g/mol. The van der Waals surface area contributed by atoms with Gasteiger partial charge in [0.15, 0.2) is 0 Å². The Morgan fingerprint density at radius 1 is 1.61 bits per heavy atom. The van der Waals surface area contributed by atoms with Gasteiger partial charge in [-0.05, 0) is 24.7 Å². The highest BCUT2D eigenvalue weighted by atomic mass is 35.5. The van der Waals surface area contributed by atoms with Crippen molar-refractivity contribution in [1.82, 2.24) is 10.3 Å². The van der Waals surface area contributed by atoms with E-state index in [1.165, 1.54) is 30.9 Å². The lowest BCUT2D eigenvalue weighted by atomic mass is 10.2. The second kappa shape index (κ2) is 6.29. The largest absolute Gasteiger partial charge is 0.384 e. The Hall–Kier alpha value is -0.940. The van der Waals surface area contributed by atoms with Crippen LogP contribution in [0.1, 0.15) is 29.6 Å². The zero-order valence-corrected chi connectivity index (χ0v) is 11.6. The fourth-order valence-electron chi connectivity index (χ4n) is 1.90. The van der Waals surface area contributed by atoms with Crippen LogP contribution in [-0.2, 0) is 0 Å². The van der Waals surface area contributed by atoms with E-state index >= 15 is 0 Å². The SMILES string of the molecule is Nc1cc(C(=O)NCC2CCCCS2)c(Cl)cn1. The van der Waals surface area contributed by atoms with Crippen LogP contribution in [0.2, 0.25) is 5.02 Å². The topological polar surface area (TPSA) is 68.0 Å². The summed E-state index contributed by atoms with van der Waals surface area (Å²) >= 11 is 7.85. The Bertz CT molecular complexity index is 435. The Kier molecular flexibility index (Phi) is 4.72. The molecule has 1 aromatic heterocycles. The first-order valence-corrected chi connectivity index (χ1v) is 7.40. The van der Waals surface area contributed by atoms with Gasteiger partial charge in [0, 0.05) is 18.0 Å². The zero-order chi connectivity index (χ0) is 13.0. The van der Waals surface area contributed by atoms with Crippen LogP contribution in [-0.4, -0.2) is 28.4 Å². The molecule has 0 saturated carbocycles. The van der Waals surface area contributed by atoms with Crippen LogP contribution < -0.4 is 11.1 Å². The molecule has 0 aliphatic carbocycles. The minimum Gasteiger partial charge on any atom is -0.384 e. The maximum Gasteiger partial charge on any atom is 0.253 e. The number of nitrogens with two attached hydrogens (primary N) is 1. The standard InChI is InChI=1S/C12H16ClN3OS/c13-10-7-15-11(14)5-9(10)12(17)16-6-8-3-1-2-4-18-8/h5,7-8H,1-4,6H2,(H2,14,15)(H,16,17). The molecule has 2 heterocycles. The predicted molar refractivity (Wildman–Crippen MR) is 76.1 cm³/mol. The molecule has 1 amide bonds. The molecule has 0 spiro atoms. The average Bonchev–Trinajstić information content (AvgIpc) is 2.40. The lowest BCUT2D eigenvalue weighted by Gasteiger charge is -2.21. The van der Waals surface area contributed by atoms with Gasteiger partial charge in [-0.1, -0.05) is 18.0 Å². The third-order valence-electron chi connectivity index (χ3n) is 2.89. The number of carbonyl (C=O) groups excluding carboxylic acids is 1. The number of pyridine rings is 1. The molecular weight excluding hydrogens is 270 g/mol. The summed E-state index contributed by atoms with van der Waals surface area (Å²) in [4.78, 5) is 15.8. The number of rotatable bonds is 3. The second-order valence-corrected chi connectivity index (χ2v) is 6.10. The zero-order valence-electron chi connectivity index (χ0n) is 9.99. The van der Waals surface area contributed by atoms with Gasteiger partial charge in [-0.25, -0.2) is 4.98 Å². The fraction of sp³-hybridized carbons (Fsp3) is 0.500. The van der Waals surface area contributed by atoms with Gasteiger partial charge in [0.2, 0.25) is 0 Å². The number of aromatic nitrogens is 1. The lowest BCUT2D eigenvalue weighted by molar-refractivity contribution is 0.0953. The molecule has 0 aromatic carbocycles. The number of anilines is 1. The van der Waals surface area contributed by atoms with Crippen molar-refractivity contribution in [3.63, 3.8) is 0 Å². The van der Waals surface area contributed by atoms with E-state index in [4.69, 9.17) is 17.3 Å². The predicted octanol–water partition coefficient (Wildman–Crippen LogP) is 2.33. The highest BCUT2D eigenvalue weighted by molar-refractivity contribution is 7.99. The Balaban J connectivity index is 1.92. The summed E-state index contributed by atoms with van der Waals surface area (Å²) < 4.78 is 0. The number of thioether (sulfide) groups is 1. The van der Waals surface area contributed by atoms with Crippen LogP contribution in [0.15, 0.2) is 12.3 Å². The molecule has 1 aliphatic heterocycles. The van der Waals surface area contributed by atoms with Crippen LogP contribution in [0.25, 0.3) is 0 Å². The number of halogens is 1. The molecule has 1 aliphatic rings. The van der Waals surface area contributed by atoms with Gasteiger partial charge in [-0.15, -0.1) is 0 Å². The number of hydrogen-bond acceptors (Lipinski definition) is 4. The van der Waals surface area contributed by atoms with E-state index in [0.29, 0.717) is 28.2 Å². The molecule has 3 N–H and O–H groups in total. The summed E-state index contributed by atoms with van der Waals surface area (Å²) in [6, 6.07) is 1.51. The van der Waals surface area contributed by atoms with Crippen molar-refractivity contribution >= 4 is 35.1 Å². The van der Waals surface area contributed by atoms with E-state index < -0.39 is 0 Å². The van der Waals surface area contributed by atoms with Gasteiger partial charge < -0.3 is 11.1 Å². The van der Waals surface area contributed by atoms with E-state index in [-0.39, 0.29) is 5.91 Å². The van der Waals surface area contributed by atoms with Gasteiger partial charge in [-0.2, -0.15) is 11.8 Å². The first-order valence-electron chi connectivity index (χ1n) is 5.97. The number of hydrogen-bond donors (Lipinski definition) is 2. The summed E-state index contributed by atoms with van der Waals surface area (Å²) in [5.41, 5.74) is 5.94. The molecule has 1 unspecified atom stereocenters. The third-order valence-corrected chi connectivity index (χ3v) is 4.58. The summed E-state index contributed by atoms with van der Waals surface area (Å²) in [5.74, 6) is 1.31. The molecular formula is C12H16ClN3OS. The first kappa shape index (κ1) is 13.5. The normalized spacial score (nSPS) is 19.5. The first-order chi connectivity index (χ1) is 8.66. The molecule has 4 nitrogen and oxygen atoms in total.